The SMILES string of the molecule is Cc1cn([C@H]2C[C@H](O)[C@@H](COP(N)(=O)Oc3cccc(COC(=O)CNCC(=O)OCc4ccccc4)c3)O2)c(=O)[nH]c1=O. The molecule has 1 saturated heterocycles. The lowest BCUT2D eigenvalue weighted by Crippen LogP contribution is -2.33. The molecule has 0 spiro atoms. The van der Waals surface area contributed by atoms with Gasteiger partial charge in [0.05, 0.1) is 25.8 Å². The summed E-state index contributed by atoms with van der Waals surface area (Å²) >= 11 is 0. The molecule has 44 heavy (non-hydrogen) atoms. The molecule has 2 heterocycles. The van der Waals surface area contributed by atoms with Gasteiger partial charge in [-0.15, -0.1) is 0 Å². The van der Waals surface area contributed by atoms with Gasteiger partial charge < -0.3 is 23.8 Å². The predicted octanol–water partition coefficient (Wildman–Crippen LogP) is 1.03. The normalized spacial score (nSPS) is 19.2. The molecule has 1 fully saturated rings. The number of nitrogens with zero attached hydrogens (tertiary/aromatic N) is 1. The lowest BCUT2D eigenvalue weighted by molar-refractivity contribution is -0.145. The van der Waals surface area contributed by atoms with Gasteiger partial charge in [0.1, 0.15) is 31.3 Å². The summed E-state index contributed by atoms with van der Waals surface area (Å²) in [6, 6.07) is 15.3. The van der Waals surface area contributed by atoms with Gasteiger partial charge in [-0.1, -0.05) is 42.5 Å². The van der Waals surface area contributed by atoms with Crippen molar-refractivity contribution in [1.82, 2.24) is 14.9 Å². The molecule has 4 rings (SSSR count). The topological polar surface area (TPSA) is 210 Å². The van der Waals surface area contributed by atoms with Gasteiger partial charge in [-0.25, -0.2) is 14.9 Å². The number of aromatic nitrogens is 2. The summed E-state index contributed by atoms with van der Waals surface area (Å²) in [6.45, 7) is 0.697. The lowest BCUT2D eigenvalue weighted by Gasteiger charge is -2.19. The Hall–Kier alpha value is -4.11. The zero-order valence-corrected chi connectivity index (χ0v) is 24.6. The van der Waals surface area contributed by atoms with Crippen LogP contribution in [0.2, 0.25) is 0 Å². The predicted molar refractivity (Wildman–Crippen MR) is 154 cm³/mol. The number of hydrogen-bond acceptors (Lipinski definition) is 12. The molecule has 4 atom stereocenters. The Morgan fingerprint density at radius 2 is 1.73 bits per heavy atom. The second kappa shape index (κ2) is 15.1. The minimum Gasteiger partial charge on any atom is -0.460 e. The highest BCUT2D eigenvalue weighted by molar-refractivity contribution is 7.51. The molecule has 1 aromatic heterocycles. The number of aliphatic hydroxyl groups is 1. The highest BCUT2D eigenvalue weighted by atomic mass is 31.2. The number of rotatable bonds is 14. The Labute approximate surface area is 251 Å². The number of ether oxygens (including phenoxy) is 3. The number of hydrogen-bond donors (Lipinski definition) is 4. The third-order valence-electron chi connectivity index (χ3n) is 6.39. The fourth-order valence-electron chi connectivity index (χ4n) is 4.15. The molecule has 1 aliphatic rings. The molecule has 2 aromatic carbocycles. The number of aliphatic hydroxyl groups excluding tert-OH is 1. The van der Waals surface area contributed by atoms with E-state index in [0.29, 0.717) is 5.56 Å². The quantitative estimate of drug-likeness (QED) is 0.145. The third kappa shape index (κ3) is 9.71. The number of esters is 2. The number of aryl methyl sites for hydroxylation is 1. The Morgan fingerprint density at radius 1 is 1.07 bits per heavy atom. The van der Waals surface area contributed by atoms with Crippen LogP contribution in [-0.2, 0) is 46.1 Å². The largest absolute Gasteiger partial charge is 0.460 e. The van der Waals surface area contributed by atoms with Crippen molar-refractivity contribution >= 4 is 19.7 Å². The molecule has 0 amide bonds. The molecule has 5 N–H and O–H groups in total. The Balaban J connectivity index is 1.19. The molecular formula is C28H33N4O11P. The van der Waals surface area contributed by atoms with Crippen LogP contribution in [0.3, 0.4) is 0 Å². The van der Waals surface area contributed by atoms with Crippen LogP contribution in [0.1, 0.15) is 29.3 Å². The second-order valence-electron chi connectivity index (χ2n) is 9.90. The van der Waals surface area contributed by atoms with Crippen LogP contribution in [0.15, 0.2) is 70.4 Å². The summed E-state index contributed by atoms with van der Waals surface area (Å²) in [7, 11) is -4.19. The van der Waals surface area contributed by atoms with Crippen molar-refractivity contribution in [3.63, 3.8) is 0 Å². The first-order valence-electron chi connectivity index (χ1n) is 13.5. The Kier molecular flexibility index (Phi) is 11.2. The standard InChI is InChI=1S/C28H33N4O11P/c1-18-14-32(28(37)31-27(18)36)24-11-22(33)23(42-24)17-41-44(29,38)43-21-9-5-8-20(10-21)16-40-26(35)13-30-12-25(34)39-15-19-6-3-2-4-7-19/h2-10,14,22-24,30,33H,11-13,15-17H2,1H3,(H2,29,38)(H,31,36,37)/t22-,23+,24+,44?/m0/s1. The van der Waals surface area contributed by atoms with Gasteiger partial charge in [-0.05, 0) is 30.2 Å². The molecule has 236 valence electrons. The zero-order chi connectivity index (χ0) is 31.7. The van der Waals surface area contributed by atoms with Crippen molar-refractivity contribution in [3.8, 4) is 5.75 Å². The number of benzene rings is 2. The number of nitrogens with two attached hydrogens (primary N) is 1. The van der Waals surface area contributed by atoms with Gasteiger partial charge in [0.2, 0.25) is 0 Å². The molecule has 0 saturated carbocycles. The van der Waals surface area contributed by atoms with Crippen LogP contribution in [0.4, 0.5) is 0 Å². The van der Waals surface area contributed by atoms with Gasteiger partial charge >= 0.3 is 25.4 Å². The van der Waals surface area contributed by atoms with E-state index in [0.717, 1.165) is 10.1 Å². The van der Waals surface area contributed by atoms with Crippen LogP contribution >= 0.6 is 7.75 Å². The van der Waals surface area contributed by atoms with E-state index in [4.69, 9.17) is 28.8 Å². The molecule has 15 nitrogen and oxygen atoms in total. The van der Waals surface area contributed by atoms with Crippen LogP contribution in [0.25, 0.3) is 0 Å². The summed E-state index contributed by atoms with van der Waals surface area (Å²) in [4.78, 5) is 49.8. The van der Waals surface area contributed by atoms with Gasteiger partial charge in [-0.3, -0.25) is 33.8 Å². The summed E-state index contributed by atoms with van der Waals surface area (Å²) in [5, 5.41) is 13.0. The van der Waals surface area contributed by atoms with Crippen LogP contribution in [0.5, 0.6) is 5.75 Å². The van der Waals surface area contributed by atoms with Gasteiger partial charge in [0.15, 0.2) is 0 Å². The monoisotopic (exact) mass is 632 g/mol. The van der Waals surface area contributed by atoms with E-state index in [-0.39, 0.29) is 44.0 Å². The van der Waals surface area contributed by atoms with Crippen LogP contribution < -0.4 is 26.6 Å². The minimum atomic E-state index is -4.19. The molecule has 1 unspecified atom stereocenters. The fourth-order valence-corrected chi connectivity index (χ4v) is 4.96. The van der Waals surface area contributed by atoms with E-state index < -0.39 is 56.0 Å². The summed E-state index contributed by atoms with van der Waals surface area (Å²) in [5.41, 5.74) is 6.13. The molecule has 0 aliphatic carbocycles. The first-order valence-corrected chi connectivity index (χ1v) is 15.1. The fraction of sp³-hybridized carbons (Fsp3) is 0.357. The summed E-state index contributed by atoms with van der Waals surface area (Å²) in [5.74, 6) is -1.06. The maximum Gasteiger partial charge on any atom is 0.456 e. The van der Waals surface area contributed by atoms with E-state index in [1.54, 1.807) is 12.1 Å². The van der Waals surface area contributed by atoms with E-state index in [1.807, 2.05) is 30.3 Å². The highest BCUT2D eigenvalue weighted by Crippen LogP contribution is 2.41. The van der Waals surface area contributed by atoms with E-state index in [9.17, 15) is 28.8 Å². The first-order chi connectivity index (χ1) is 21.0. The number of carbonyl (C=O) groups is 2. The van der Waals surface area contributed by atoms with Crippen molar-refractivity contribution in [1.29, 1.82) is 0 Å². The van der Waals surface area contributed by atoms with Gasteiger partial charge in [-0.2, -0.15) is 0 Å². The summed E-state index contributed by atoms with van der Waals surface area (Å²) < 4.78 is 40.5. The Bertz CT molecular complexity index is 1610. The molecule has 0 bridgehead atoms. The number of carbonyl (C=O) groups excluding carboxylic acids is 2. The van der Waals surface area contributed by atoms with Crippen LogP contribution in [-0.4, -0.2) is 58.5 Å². The van der Waals surface area contributed by atoms with Crippen molar-refractivity contribution in [2.24, 2.45) is 5.50 Å². The van der Waals surface area contributed by atoms with Crippen molar-refractivity contribution in [2.75, 3.05) is 19.7 Å². The zero-order valence-electron chi connectivity index (χ0n) is 23.7. The minimum absolute atomic E-state index is 0.0176. The number of aromatic amines is 1. The second-order valence-corrected chi connectivity index (χ2v) is 11.4. The third-order valence-corrected chi connectivity index (χ3v) is 7.37. The maximum absolute atomic E-state index is 12.8. The average molecular weight is 633 g/mol. The van der Waals surface area contributed by atoms with Gasteiger partial charge in [0, 0.05) is 18.2 Å². The molecule has 0 radical (unpaired) electrons. The molecule has 1 aliphatic heterocycles. The van der Waals surface area contributed by atoms with E-state index >= 15 is 0 Å². The number of H-pyrrole nitrogens is 1. The summed E-state index contributed by atoms with van der Waals surface area (Å²) in [6.07, 6.45) is -1.60. The Morgan fingerprint density at radius 3 is 2.43 bits per heavy atom. The highest BCUT2D eigenvalue weighted by Gasteiger charge is 2.37. The van der Waals surface area contributed by atoms with Crippen molar-refractivity contribution in [3.05, 3.63) is 98.3 Å². The smallest absolute Gasteiger partial charge is 0.456 e. The van der Waals surface area contributed by atoms with Gasteiger partial charge in [0.25, 0.3) is 5.56 Å². The molecule has 16 heteroatoms. The van der Waals surface area contributed by atoms with Crippen molar-refractivity contribution < 1.29 is 42.5 Å². The maximum atomic E-state index is 12.8. The molecule has 3 aromatic rings. The number of nitrogens with one attached hydrogen (secondary N) is 2. The van der Waals surface area contributed by atoms with Crippen LogP contribution in [0, 0.1) is 6.92 Å². The van der Waals surface area contributed by atoms with E-state index in [1.165, 1.54) is 25.3 Å². The average Bonchev–Trinajstić information content (AvgIpc) is 3.36. The molecular weight excluding hydrogens is 599 g/mol. The van der Waals surface area contributed by atoms with E-state index in [2.05, 4.69) is 10.3 Å². The first kappa shape index (κ1) is 32.8. The van der Waals surface area contributed by atoms with Crippen molar-refractivity contribution in [2.45, 2.75) is 45.0 Å². The lowest BCUT2D eigenvalue weighted by atomic mass is 10.2.